The van der Waals surface area contributed by atoms with E-state index >= 15 is 0 Å². The number of carbonyl (C=O) groups is 1. The maximum absolute atomic E-state index is 13.1. The van der Waals surface area contributed by atoms with Crippen molar-refractivity contribution in [2.45, 2.75) is 5.03 Å². The van der Waals surface area contributed by atoms with Gasteiger partial charge in [0.1, 0.15) is 5.03 Å². The monoisotopic (exact) mass is 524 g/mol. The molecule has 0 saturated carbocycles. The topological polar surface area (TPSA) is 86.4 Å². The Morgan fingerprint density at radius 3 is 2.24 bits per heavy atom. The normalized spacial score (nSPS) is 15.1. The van der Waals surface area contributed by atoms with Crippen LogP contribution in [0.5, 0.6) is 0 Å². The first-order valence-electron chi connectivity index (χ1n) is 10.5. The quantitative estimate of drug-likeness (QED) is 0.434. The summed E-state index contributed by atoms with van der Waals surface area (Å²) in [6, 6.07) is 18.5. The van der Waals surface area contributed by atoms with Crippen molar-refractivity contribution >= 4 is 42.8 Å². The summed E-state index contributed by atoms with van der Waals surface area (Å²) in [7, 11) is -3.67. The molecule has 0 spiro atoms. The highest BCUT2D eigenvalue weighted by atomic mass is 79.9. The van der Waals surface area contributed by atoms with Gasteiger partial charge in [-0.1, -0.05) is 28.1 Å². The molecule has 5 rings (SSSR count). The fraction of sp³-hybridized carbons (Fsp3) is 0.167. The first-order chi connectivity index (χ1) is 15.9. The molecule has 2 aromatic heterocycles. The second-order valence-electron chi connectivity index (χ2n) is 7.87. The van der Waals surface area contributed by atoms with Gasteiger partial charge in [-0.05, 0) is 59.7 Å². The molecule has 9 heteroatoms. The lowest BCUT2D eigenvalue weighted by Crippen LogP contribution is -2.50. The molecule has 168 valence electrons. The smallest absolute Gasteiger partial charge is 0.258 e. The number of benzene rings is 2. The van der Waals surface area contributed by atoms with Gasteiger partial charge in [0.2, 0.25) is 0 Å². The molecule has 0 unspecified atom stereocenters. The van der Waals surface area contributed by atoms with Crippen LogP contribution in [0.4, 0.5) is 0 Å². The standard InChI is InChI=1S/C24H21BrN4O3S/c25-21-5-6-22-20(15-21)16-23(27-22)33(31,32)29-13-11-28(12-14-29)24(30)19-3-1-17(2-4-19)18-7-9-26-10-8-18/h1-10,15-16,27H,11-14H2. The van der Waals surface area contributed by atoms with Crippen LogP contribution in [0.25, 0.3) is 22.0 Å². The van der Waals surface area contributed by atoms with E-state index in [1.165, 1.54) is 4.31 Å². The van der Waals surface area contributed by atoms with E-state index in [2.05, 4.69) is 25.9 Å². The molecule has 0 bridgehead atoms. The molecule has 0 aliphatic carbocycles. The Morgan fingerprint density at radius 1 is 0.879 bits per heavy atom. The lowest BCUT2D eigenvalue weighted by Gasteiger charge is -2.33. The first kappa shape index (κ1) is 21.8. The number of pyridine rings is 1. The Kier molecular flexibility index (Phi) is 5.77. The molecule has 1 saturated heterocycles. The van der Waals surface area contributed by atoms with E-state index in [1.807, 2.05) is 54.6 Å². The maximum Gasteiger partial charge on any atom is 0.258 e. The number of halogens is 1. The number of fused-ring (bicyclic) bond motifs is 1. The van der Waals surface area contributed by atoms with E-state index in [0.29, 0.717) is 18.7 Å². The minimum absolute atomic E-state index is 0.0937. The number of hydrogen-bond acceptors (Lipinski definition) is 4. The number of carbonyl (C=O) groups excluding carboxylic acids is 1. The third-order valence-corrected chi connectivity index (χ3v) is 8.16. The number of piperazine rings is 1. The minimum atomic E-state index is -3.67. The van der Waals surface area contributed by atoms with Crippen molar-refractivity contribution in [3.8, 4) is 11.1 Å². The zero-order valence-electron chi connectivity index (χ0n) is 17.6. The van der Waals surface area contributed by atoms with Crippen molar-refractivity contribution in [1.29, 1.82) is 0 Å². The average Bonchev–Trinajstić information content (AvgIpc) is 3.28. The highest BCUT2D eigenvalue weighted by Crippen LogP contribution is 2.25. The van der Waals surface area contributed by atoms with Crippen molar-refractivity contribution in [2.24, 2.45) is 0 Å². The van der Waals surface area contributed by atoms with Crippen LogP contribution >= 0.6 is 15.9 Å². The molecule has 2 aromatic carbocycles. The van der Waals surface area contributed by atoms with Crippen molar-refractivity contribution in [3.63, 3.8) is 0 Å². The second kappa shape index (κ2) is 8.74. The molecule has 4 aromatic rings. The first-order valence-corrected chi connectivity index (χ1v) is 12.7. The Labute approximate surface area is 200 Å². The van der Waals surface area contributed by atoms with Crippen molar-refractivity contribution < 1.29 is 13.2 Å². The zero-order chi connectivity index (χ0) is 23.0. The van der Waals surface area contributed by atoms with E-state index < -0.39 is 10.0 Å². The van der Waals surface area contributed by atoms with Crippen LogP contribution in [0.1, 0.15) is 10.4 Å². The van der Waals surface area contributed by atoms with Crippen molar-refractivity contribution in [2.75, 3.05) is 26.2 Å². The minimum Gasteiger partial charge on any atom is -0.345 e. The lowest BCUT2D eigenvalue weighted by molar-refractivity contribution is 0.0698. The molecule has 1 fully saturated rings. The largest absolute Gasteiger partial charge is 0.345 e. The Morgan fingerprint density at radius 2 is 1.55 bits per heavy atom. The second-order valence-corrected chi connectivity index (χ2v) is 10.7. The Bertz CT molecular complexity index is 1410. The molecule has 33 heavy (non-hydrogen) atoms. The van der Waals surface area contributed by atoms with Gasteiger partial charge in [0, 0.05) is 59.5 Å². The van der Waals surface area contributed by atoms with E-state index in [9.17, 15) is 13.2 Å². The summed E-state index contributed by atoms with van der Waals surface area (Å²) in [5.74, 6) is -0.0937. The number of hydrogen-bond donors (Lipinski definition) is 1. The van der Waals surface area contributed by atoms with Gasteiger partial charge >= 0.3 is 0 Å². The summed E-state index contributed by atoms with van der Waals surface area (Å²) in [5, 5.41) is 0.994. The SMILES string of the molecule is O=C(c1ccc(-c2ccncc2)cc1)N1CCN(S(=O)(=O)c2cc3cc(Br)ccc3[nH]2)CC1. The summed E-state index contributed by atoms with van der Waals surface area (Å²) in [6.45, 7) is 1.19. The van der Waals surface area contributed by atoms with E-state index in [1.54, 1.807) is 23.4 Å². The van der Waals surface area contributed by atoms with E-state index in [0.717, 1.165) is 26.5 Å². The maximum atomic E-state index is 13.1. The van der Waals surface area contributed by atoms with Gasteiger partial charge in [0.05, 0.1) is 0 Å². The molecule has 1 N–H and O–H groups in total. The summed E-state index contributed by atoms with van der Waals surface area (Å²) < 4.78 is 28.6. The van der Waals surface area contributed by atoms with Gasteiger partial charge in [-0.15, -0.1) is 0 Å². The third kappa shape index (κ3) is 4.31. The van der Waals surface area contributed by atoms with Crippen LogP contribution in [0.15, 0.2) is 82.6 Å². The number of aromatic nitrogens is 2. The highest BCUT2D eigenvalue weighted by molar-refractivity contribution is 9.10. The highest BCUT2D eigenvalue weighted by Gasteiger charge is 2.31. The number of nitrogens with zero attached hydrogens (tertiary/aromatic N) is 3. The number of aromatic amines is 1. The van der Waals surface area contributed by atoms with Gasteiger partial charge in [-0.2, -0.15) is 4.31 Å². The number of amides is 1. The fourth-order valence-electron chi connectivity index (χ4n) is 4.02. The molecule has 1 amide bonds. The predicted molar refractivity (Wildman–Crippen MR) is 130 cm³/mol. The van der Waals surface area contributed by atoms with Crippen LogP contribution in [-0.2, 0) is 10.0 Å². The summed E-state index contributed by atoms with van der Waals surface area (Å²) in [6.07, 6.45) is 3.47. The molecule has 1 aliphatic heterocycles. The van der Waals surface area contributed by atoms with Crippen molar-refractivity contribution in [3.05, 3.63) is 83.1 Å². The molecular weight excluding hydrogens is 504 g/mol. The van der Waals surface area contributed by atoms with Crippen LogP contribution in [0.3, 0.4) is 0 Å². The molecule has 1 aliphatic rings. The molecule has 0 radical (unpaired) electrons. The van der Waals surface area contributed by atoms with Gasteiger partial charge in [-0.25, -0.2) is 8.42 Å². The van der Waals surface area contributed by atoms with E-state index in [-0.39, 0.29) is 24.0 Å². The molecule has 7 nitrogen and oxygen atoms in total. The molecule has 0 atom stereocenters. The molecular formula is C24H21BrN4O3S. The number of nitrogens with one attached hydrogen (secondary N) is 1. The van der Waals surface area contributed by atoms with Crippen LogP contribution < -0.4 is 0 Å². The zero-order valence-corrected chi connectivity index (χ0v) is 20.0. The van der Waals surface area contributed by atoms with Crippen molar-refractivity contribution in [1.82, 2.24) is 19.2 Å². The lowest BCUT2D eigenvalue weighted by atomic mass is 10.0. The van der Waals surface area contributed by atoms with Gasteiger partial charge < -0.3 is 9.88 Å². The van der Waals surface area contributed by atoms with Crippen LogP contribution in [-0.4, -0.2) is 59.7 Å². The van der Waals surface area contributed by atoms with Crippen LogP contribution in [0, 0.1) is 0 Å². The molecule has 3 heterocycles. The van der Waals surface area contributed by atoms with Gasteiger partial charge in [0.25, 0.3) is 15.9 Å². The number of H-pyrrole nitrogens is 1. The fourth-order valence-corrected chi connectivity index (χ4v) is 5.83. The van der Waals surface area contributed by atoms with Gasteiger partial charge in [-0.3, -0.25) is 9.78 Å². The Balaban J connectivity index is 1.26. The number of rotatable bonds is 4. The van der Waals surface area contributed by atoms with Gasteiger partial charge in [0.15, 0.2) is 0 Å². The van der Waals surface area contributed by atoms with E-state index in [4.69, 9.17) is 0 Å². The summed E-state index contributed by atoms with van der Waals surface area (Å²) in [5.41, 5.74) is 3.40. The number of sulfonamides is 1. The Hall–Kier alpha value is -3.01. The third-order valence-electron chi connectivity index (χ3n) is 5.85. The predicted octanol–water partition coefficient (Wildman–Crippen LogP) is 4.14. The van der Waals surface area contributed by atoms with Crippen LogP contribution in [0.2, 0.25) is 0 Å². The summed E-state index contributed by atoms with van der Waals surface area (Å²) in [4.78, 5) is 21.7. The summed E-state index contributed by atoms with van der Waals surface area (Å²) >= 11 is 3.41. The average molecular weight is 525 g/mol.